The SMILES string of the molecule is C=CCN(Cc1nc(-c2ccc(Cl)cc2)no1)C(=O)[C@@H](C)Oc1cccc(C)c1. The predicted octanol–water partition coefficient (Wildman–Crippen LogP) is 4.68. The molecule has 0 aliphatic heterocycles. The minimum absolute atomic E-state index is 0.160. The highest BCUT2D eigenvalue weighted by molar-refractivity contribution is 6.30. The number of carbonyl (C=O) groups is 1. The van der Waals surface area contributed by atoms with Gasteiger partial charge in [0.15, 0.2) is 6.10 Å². The first-order valence-electron chi connectivity index (χ1n) is 9.18. The summed E-state index contributed by atoms with van der Waals surface area (Å²) >= 11 is 5.91. The lowest BCUT2D eigenvalue weighted by Crippen LogP contribution is -2.40. The average molecular weight is 412 g/mol. The number of hydrogen-bond acceptors (Lipinski definition) is 5. The molecule has 1 aromatic heterocycles. The molecule has 3 aromatic rings. The van der Waals surface area contributed by atoms with Crippen molar-refractivity contribution in [1.29, 1.82) is 0 Å². The number of nitrogens with zero attached hydrogens (tertiary/aromatic N) is 3. The van der Waals surface area contributed by atoms with Gasteiger partial charge in [-0.25, -0.2) is 0 Å². The van der Waals surface area contributed by atoms with Crippen LogP contribution in [0.5, 0.6) is 5.75 Å². The van der Waals surface area contributed by atoms with E-state index in [0.717, 1.165) is 11.1 Å². The summed E-state index contributed by atoms with van der Waals surface area (Å²) in [5.74, 6) is 1.21. The zero-order chi connectivity index (χ0) is 20.8. The van der Waals surface area contributed by atoms with E-state index in [0.29, 0.717) is 29.0 Å². The molecule has 0 N–H and O–H groups in total. The minimum atomic E-state index is -0.671. The van der Waals surface area contributed by atoms with Crippen molar-refractivity contribution in [2.75, 3.05) is 6.54 Å². The average Bonchev–Trinajstić information content (AvgIpc) is 3.16. The Kier molecular flexibility index (Phi) is 6.67. The second-order valence-electron chi connectivity index (χ2n) is 6.60. The van der Waals surface area contributed by atoms with Gasteiger partial charge in [0.05, 0.1) is 0 Å². The number of aromatic nitrogens is 2. The Morgan fingerprint density at radius 1 is 1.31 bits per heavy atom. The Morgan fingerprint density at radius 2 is 2.07 bits per heavy atom. The molecule has 0 fully saturated rings. The largest absolute Gasteiger partial charge is 0.481 e. The van der Waals surface area contributed by atoms with Crippen molar-refractivity contribution in [3.63, 3.8) is 0 Å². The van der Waals surface area contributed by atoms with E-state index < -0.39 is 6.10 Å². The lowest BCUT2D eigenvalue weighted by molar-refractivity contribution is -0.138. The van der Waals surface area contributed by atoms with E-state index in [9.17, 15) is 4.79 Å². The van der Waals surface area contributed by atoms with Crippen molar-refractivity contribution in [2.24, 2.45) is 0 Å². The molecule has 0 radical (unpaired) electrons. The van der Waals surface area contributed by atoms with E-state index in [1.165, 1.54) is 0 Å². The van der Waals surface area contributed by atoms with Crippen LogP contribution in [0.3, 0.4) is 0 Å². The quantitative estimate of drug-likeness (QED) is 0.503. The van der Waals surface area contributed by atoms with Crippen molar-refractivity contribution in [3.05, 3.63) is 77.7 Å². The molecule has 3 rings (SSSR count). The molecule has 0 spiro atoms. The topological polar surface area (TPSA) is 68.5 Å². The molecule has 2 aromatic carbocycles. The van der Waals surface area contributed by atoms with Gasteiger partial charge in [-0.1, -0.05) is 35.0 Å². The van der Waals surface area contributed by atoms with Crippen LogP contribution < -0.4 is 4.74 Å². The van der Waals surface area contributed by atoms with E-state index in [1.807, 2.05) is 31.2 Å². The number of aryl methyl sites for hydroxylation is 1. The zero-order valence-electron chi connectivity index (χ0n) is 16.3. The van der Waals surface area contributed by atoms with E-state index in [1.54, 1.807) is 42.2 Å². The van der Waals surface area contributed by atoms with Gasteiger partial charge >= 0.3 is 0 Å². The predicted molar refractivity (Wildman–Crippen MR) is 112 cm³/mol. The first-order valence-corrected chi connectivity index (χ1v) is 9.55. The third-order valence-corrected chi connectivity index (χ3v) is 4.46. The van der Waals surface area contributed by atoms with Crippen LogP contribution in [0.1, 0.15) is 18.4 Å². The third kappa shape index (κ3) is 5.45. The Morgan fingerprint density at radius 3 is 2.76 bits per heavy atom. The van der Waals surface area contributed by atoms with Crippen LogP contribution in [-0.2, 0) is 11.3 Å². The van der Waals surface area contributed by atoms with Crippen LogP contribution in [0.4, 0.5) is 0 Å². The number of amides is 1. The van der Waals surface area contributed by atoms with E-state index >= 15 is 0 Å². The molecule has 0 saturated carbocycles. The van der Waals surface area contributed by atoms with Crippen LogP contribution in [0.25, 0.3) is 11.4 Å². The molecule has 1 amide bonds. The molecular formula is C22H22ClN3O3. The smallest absolute Gasteiger partial charge is 0.264 e. The number of halogens is 1. The summed E-state index contributed by atoms with van der Waals surface area (Å²) in [5.41, 5.74) is 1.84. The third-order valence-electron chi connectivity index (χ3n) is 4.21. The lowest BCUT2D eigenvalue weighted by Gasteiger charge is -2.23. The molecule has 0 aliphatic rings. The number of benzene rings is 2. The molecule has 0 saturated heterocycles. The maximum absolute atomic E-state index is 12.9. The number of hydrogen-bond donors (Lipinski definition) is 0. The first kappa shape index (κ1) is 20.6. The first-order chi connectivity index (χ1) is 14.0. The Labute approximate surface area is 174 Å². The van der Waals surface area contributed by atoms with Gasteiger partial charge in [0.1, 0.15) is 12.3 Å². The van der Waals surface area contributed by atoms with Gasteiger partial charge in [0.25, 0.3) is 5.91 Å². The van der Waals surface area contributed by atoms with Crippen LogP contribution in [-0.4, -0.2) is 33.6 Å². The standard InChI is InChI=1S/C22H22ClN3O3/c1-4-12-26(22(27)16(3)28-19-7-5-6-15(2)13-19)14-20-24-21(25-29-20)17-8-10-18(23)11-9-17/h4-11,13,16H,1,12,14H2,2-3H3/t16-/m1/s1. The summed E-state index contributed by atoms with van der Waals surface area (Å²) in [6.45, 7) is 7.90. The van der Waals surface area contributed by atoms with Crippen LogP contribution in [0.15, 0.2) is 65.7 Å². The summed E-state index contributed by atoms with van der Waals surface area (Å²) in [4.78, 5) is 18.8. The fraction of sp³-hybridized carbons (Fsp3) is 0.227. The zero-order valence-corrected chi connectivity index (χ0v) is 17.1. The highest BCUT2D eigenvalue weighted by Crippen LogP contribution is 2.20. The Balaban J connectivity index is 1.70. The molecule has 1 atom stereocenters. The number of rotatable bonds is 8. The van der Waals surface area contributed by atoms with Crippen molar-refractivity contribution in [3.8, 4) is 17.1 Å². The van der Waals surface area contributed by atoms with E-state index in [-0.39, 0.29) is 12.5 Å². The van der Waals surface area contributed by atoms with Gasteiger partial charge in [-0.15, -0.1) is 6.58 Å². The molecule has 1 heterocycles. The van der Waals surface area contributed by atoms with Crippen molar-refractivity contribution in [2.45, 2.75) is 26.5 Å². The van der Waals surface area contributed by atoms with Crippen LogP contribution in [0.2, 0.25) is 5.02 Å². The van der Waals surface area contributed by atoms with Crippen LogP contribution in [0, 0.1) is 6.92 Å². The molecule has 0 aliphatic carbocycles. The van der Waals surface area contributed by atoms with Gasteiger partial charge in [-0.05, 0) is 55.8 Å². The van der Waals surface area contributed by atoms with Gasteiger partial charge in [-0.2, -0.15) is 4.98 Å². The minimum Gasteiger partial charge on any atom is -0.481 e. The molecule has 150 valence electrons. The molecule has 6 nitrogen and oxygen atoms in total. The summed E-state index contributed by atoms with van der Waals surface area (Å²) in [6.07, 6.45) is 0.976. The highest BCUT2D eigenvalue weighted by atomic mass is 35.5. The number of ether oxygens (including phenoxy) is 1. The molecule has 7 heteroatoms. The second-order valence-corrected chi connectivity index (χ2v) is 7.04. The summed E-state index contributed by atoms with van der Waals surface area (Å²) in [5, 5.41) is 4.61. The summed E-state index contributed by atoms with van der Waals surface area (Å²) < 4.78 is 11.1. The highest BCUT2D eigenvalue weighted by Gasteiger charge is 2.23. The second kappa shape index (κ2) is 9.39. The number of carbonyl (C=O) groups excluding carboxylic acids is 1. The molecule has 0 unspecified atom stereocenters. The summed E-state index contributed by atoms with van der Waals surface area (Å²) in [6, 6.07) is 14.7. The van der Waals surface area contributed by atoms with Crippen molar-refractivity contribution in [1.82, 2.24) is 15.0 Å². The van der Waals surface area contributed by atoms with E-state index in [2.05, 4.69) is 16.7 Å². The fourth-order valence-electron chi connectivity index (χ4n) is 2.79. The Hall–Kier alpha value is -3.12. The fourth-order valence-corrected chi connectivity index (χ4v) is 2.91. The van der Waals surface area contributed by atoms with Gasteiger partial charge < -0.3 is 14.2 Å². The molecular weight excluding hydrogens is 390 g/mol. The van der Waals surface area contributed by atoms with Gasteiger partial charge in [0, 0.05) is 17.1 Å². The molecule has 29 heavy (non-hydrogen) atoms. The van der Waals surface area contributed by atoms with Crippen LogP contribution >= 0.6 is 11.6 Å². The molecule has 0 bridgehead atoms. The van der Waals surface area contributed by atoms with Crippen molar-refractivity contribution >= 4 is 17.5 Å². The lowest BCUT2D eigenvalue weighted by atomic mass is 10.2. The van der Waals surface area contributed by atoms with E-state index in [4.69, 9.17) is 20.9 Å². The van der Waals surface area contributed by atoms with Gasteiger partial charge in [-0.3, -0.25) is 4.79 Å². The monoisotopic (exact) mass is 411 g/mol. The summed E-state index contributed by atoms with van der Waals surface area (Å²) in [7, 11) is 0. The maximum Gasteiger partial charge on any atom is 0.264 e. The van der Waals surface area contributed by atoms with Crippen molar-refractivity contribution < 1.29 is 14.1 Å². The van der Waals surface area contributed by atoms with Gasteiger partial charge in [0.2, 0.25) is 11.7 Å². The maximum atomic E-state index is 12.9. The Bertz CT molecular complexity index is 985. The normalized spacial score (nSPS) is 11.7.